The summed E-state index contributed by atoms with van der Waals surface area (Å²) >= 11 is 3.56. The Morgan fingerprint density at radius 3 is 1.11 bits per heavy atom. The number of benzene rings is 4. The van der Waals surface area contributed by atoms with Gasteiger partial charge in [-0.3, -0.25) is 9.59 Å². The zero-order chi connectivity index (χ0) is 32.7. The highest BCUT2D eigenvalue weighted by molar-refractivity contribution is 8.03. The molecule has 0 saturated heterocycles. The number of rotatable bonds is 17. The molecule has 4 aromatic carbocycles. The van der Waals surface area contributed by atoms with E-state index >= 15 is 0 Å². The van der Waals surface area contributed by atoms with Crippen molar-refractivity contribution in [1.29, 1.82) is 0 Å². The van der Waals surface area contributed by atoms with E-state index in [0.29, 0.717) is 23.3 Å². The number of carbonyl (C=O) groups is 2. The Balaban J connectivity index is 1.08. The number of methoxy groups -OCH3 is 2. The first-order valence-corrected chi connectivity index (χ1v) is 17.3. The number of hydrogen-bond acceptors (Lipinski definition) is 8. The smallest absolute Gasteiger partial charge is 0.225 e. The first-order chi connectivity index (χ1) is 22.3. The first-order valence-electron chi connectivity index (χ1n) is 15.2. The standard InChI is InChI=1S/C36H42N4O4S2/c1-25(45-23-21-35(41)39-31-9-5-27(6-10-31)37-29-13-17-33(43-3)18-14-29)26(2)46-24-22-36(42)40-32-11-7-28(8-12-32)38-30-15-19-34(44-4)20-16-30/h5-20,25-26,37-38H,21-24H2,1-4H3,(H,39,41)(H,40,42). The molecule has 2 atom stereocenters. The Labute approximate surface area is 280 Å². The zero-order valence-corrected chi connectivity index (χ0v) is 28.3. The summed E-state index contributed by atoms with van der Waals surface area (Å²) in [7, 11) is 3.29. The van der Waals surface area contributed by atoms with E-state index in [1.54, 1.807) is 37.7 Å². The van der Waals surface area contributed by atoms with Gasteiger partial charge in [0.05, 0.1) is 14.2 Å². The molecule has 4 N–H and O–H groups in total. The first kappa shape index (κ1) is 34.6. The van der Waals surface area contributed by atoms with Crippen LogP contribution in [-0.4, -0.2) is 48.0 Å². The van der Waals surface area contributed by atoms with E-state index in [4.69, 9.17) is 9.47 Å². The fourth-order valence-electron chi connectivity index (χ4n) is 4.35. The molecule has 2 amide bonds. The van der Waals surface area contributed by atoms with Crippen molar-refractivity contribution in [3.8, 4) is 11.5 Å². The van der Waals surface area contributed by atoms with Crippen LogP contribution in [0, 0.1) is 0 Å². The Hall–Kier alpha value is -4.28. The third-order valence-corrected chi connectivity index (χ3v) is 10.1. The SMILES string of the molecule is COc1ccc(Nc2ccc(NC(=O)CCSC(C)C(C)SCCC(=O)Nc3ccc(Nc4ccc(OC)cc4)cc3)cc2)cc1. The second kappa shape index (κ2) is 18.0. The minimum atomic E-state index is -0.00270. The summed E-state index contributed by atoms with van der Waals surface area (Å²) in [6.45, 7) is 4.35. The van der Waals surface area contributed by atoms with E-state index < -0.39 is 0 Å². The fourth-order valence-corrected chi connectivity index (χ4v) is 6.71. The normalized spacial score (nSPS) is 12.0. The molecule has 46 heavy (non-hydrogen) atoms. The summed E-state index contributed by atoms with van der Waals surface area (Å²) in [5, 5.41) is 13.3. The molecule has 0 saturated carbocycles. The van der Waals surface area contributed by atoms with Gasteiger partial charge in [0.1, 0.15) is 11.5 Å². The molecule has 0 aliphatic rings. The minimum absolute atomic E-state index is 0.00270. The lowest BCUT2D eigenvalue weighted by Gasteiger charge is -2.19. The molecule has 242 valence electrons. The fraction of sp³-hybridized carbons (Fsp3) is 0.278. The molecule has 0 bridgehead atoms. The van der Waals surface area contributed by atoms with Crippen molar-refractivity contribution < 1.29 is 19.1 Å². The van der Waals surface area contributed by atoms with Crippen molar-refractivity contribution in [1.82, 2.24) is 0 Å². The Morgan fingerprint density at radius 1 is 0.522 bits per heavy atom. The maximum atomic E-state index is 12.5. The van der Waals surface area contributed by atoms with E-state index in [0.717, 1.165) is 57.1 Å². The minimum Gasteiger partial charge on any atom is -0.497 e. The van der Waals surface area contributed by atoms with Gasteiger partial charge in [0.25, 0.3) is 0 Å². The monoisotopic (exact) mass is 658 g/mol. The number of ether oxygens (including phenoxy) is 2. The number of carbonyl (C=O) groups excluding carboxylic acids is 2. The number of amides is 2. The van der Waals surface area contributed by atoms with Crippen LogP contribution in [0.3, 0.4) is 0 Å². The van der Waals surface area contributed by atoms with Gasteiger partial charge in [-0.2, -0.15) is 23.5 Å². The highest BCUT2D eigenvalue weighted by Gasteiger charge is 2.15. The molecule has 0 aliphatic heterocycles. The largest absolute Gasteiger partial charge is 0.497 e. The van der Waals surface area contributed by atoms with Gasteiger partial charge in [-0.1, -0.05) is 13.8 Å². The molecule has 8 nitrogen and oxygen atoms in total. The Kier molecular flexibility index (Phi) is 13.5. The second-order valence-corrected chi connectivity index (χ2v) is 13.6. The van der Waals surface area contributed by atoms with Crippen LogP contribution in [0.2, 0.25) is 0 Å². The third kappa shape index (κ3) is 11.6. The van der Waals surface area contributed by atoms with Crippen molar-refractivity contribution >= 4 is 69.5 Å². The predicted octanol–water partition coefficient (Wildman–Crippen LogP) is 8.79. The van der Waals surface area contributed by atoms with Crippen molar-refractivity contribution in [2.75, 3.05) is 47.0 Å². The molecule has 4 rings (SSSR count). The van der Waals surface area contributed by atoms with Gasteiger partial charge < -0.3 is 30.7 Å². The quantitative estimate of drug-likeness (QED) is 0.0894. The summed E-state index contributed by atoms with van der Waals surface area (Å²) in [6, 6.07) is 30.8. The van der Waals surface area contributed by atoms with E-state index in [1.807, 2.05) is 97.1 Å². The van der Waals surface area contributed by atoms with E-state index in [9.17, 15) is 9.59 Å². The van der Waals surface area contributed by atoms with Crippen LogP contribution >= 0.6 is 23.5 Å². The highest BCUT2D eigenvalue weighted by Crippen LogP contribution is 2.26. The molecule has 4 aromatic rings. The lowest BCUT2D eigenvalue weighted by Crippen LogP contribution is -2.18. The van der Waals surface area contributed by atoms with Crippen molar-refractivity contribution in [3.05, 3.63) is 97.1 Å². The number of nitrogens with one attached hydrogen (secondary N) is 4. The molecular weight excluding hydrogens is 617 g/mol. The Bertz CT molecular complexity index is 1400. The molecule has 0 fully saturated rings. The summed E-state index contributed by atoms with van der Waals surface area (Å²) in [5.41, 5.74) is 5.33. The Morgan fingerprint density at radius 2 is 0.804 bits per heavy atom. The maximum absolute atomic E-state index is 12.5. The number of thioether (sulfide) groups is 2. The summed E-state index contributed by atoms with van der Waals surface area (Å²) in [4.78, 5) is 25.0. The predicted molar refractivity (Wildman–Crippen MR) is 196 cm³/mol. The molecule has 0 aromatic heterocycles. The van der Waals surface area contributed by atoms with Crippen LogP contribution in [0.1, 0.15) is 26.7 Å². The van der Waals surface area contributed by atoms with Crippen LogP contribution in [-0.2, 0) is 9.59 Å². The van der Waals surface area contributed by atoms with E-state index in [2.05, 4.69) is 35.1 Å². The van der Waals surface area contributed by atoms with Crippen LogP contribution in [0.4, 0.5) is 34.1 Å². The van der Waals surface area contributed by atoms with Gasteiger partial charge in [-0.15, -0.1) is 0 Å². The zero-order valence-electron chi connectivity index (χ0n) is 26.7. The van der Waals surface area contributed by atoms with Gasteiger partial charge in [-0.05, 0) is 97.1 Å². The van der Waals surface area contributed by atoms with Crippen LogP contribution in [0.5, 0.6) is 11.5 Å². The summed E-state index contributed by atoms with van der Waals surface area (Å²) in [5.74, 6) is 3.08. The molecular formula is C36H42N4O4S2. The van der Waals surface area contributed by atoms with E-state index in [-0.39, 0.29) is 11.8 Å². The van der Waals surface area contributed by atoms with Gasteiger partial charge >= 0.3 is 0 Å². The van der Waals surface area contributed by atoms with Crippen molar-refractivity contribution in [2.24, 2.45) is 0 Å². The van der Waals surface area contributed by atoms with E-state index in [1.165, 1.54) is 0 Å². The molecule has 0 aliphatic carbocycles. The van der Waals surface area contributed by atoms with Crippen LogP contribution in [0.15, 0.2) is 97.1 Å². The van der Waals surface area contributed by atoms with Crippen LogP contribution < -0.4 is 30.7 Å². The molecule has 10 heteroatoms. The third-order valence-electron chi connectivity index (χ3n) is 7.18. The average Bonchev–Trinajstić information content (AvgIpc) is 3.07. The summed E-state index contributed by atoms with van der Waals surface area (Å²) < 4.78 is 10.4. The molecule has 0 spiro atoms. The van der Waals surface area contributed by atoms with Crippen LogP contribution in [0.25, 0.3) is 0 Å². The second-order valence-electron chi connectivity index (χ2n) is 10.6. The van der Waals surface area contributed by atoms with Crippen molar-refractivity contribution in [2.45, 2.75) is 37.2 Å². The molecule has 0 radical (unpaired) electrons. The topological polar surface area (TPSA) is 101 Å². The lowest BCUT2D eigenvalue weighted by atomic mass is 10.2. The summed E-state index contributed by atoms with van der Waals surface area (Å²) in [6.07, 6.45) is 0.879. The van der Waals surface area contributed by atoms with Gasteiger partial charge in [0.2, 0.25) is 11.8 Å². The van der Waals surface area contributed by atoms with Crippen molar-refractivity contribution in [3.63, 3.8) is 0 Å². The maximum Gasteiger partial charge on any atom is 0.225 e. The van der Waals surface area contributed by atoms with Gasteiger partial charge in [0, 0.05) is 69.0 Å². The lowest BCUT2D eigenvalue weighted by molar-refractivity contribution is -0.116. The highest BCUT2D eigenvalue weighted by atomic mass is 32.2. The average molecular weight is 659 g/mol. The number of hydrogen-bond donors (Lipinski definition) is 4. The van der Waals surface area contributed by atoms with Gasteiger partial charge in [0.15, 0.2) is 0 Å². The number of anilines is 6. The molecule has 2 unspecified atom stereocenters. The molecule has 0 heterocycles. The van der Waals surface area contributed by atoms with Gasteiger partial charge in [-0.25, -0.2) is 0 Å².